The van der Waals surface area contributed by atoms with Crippen molar-refractivity contribution in [2.75, 3.05) is 6.61 Å². The van der Waals surface area contributed by atoms with Gasteiger partial charge in [-0.2, -0.15) is 0 Å². The second-order valence-electron chi connectivity index (χ2n) is 7.63. The number of halogens is 2. The maximum atomic E-state index is 12.7. The first-order valence-electron chi connectivity index (χ1n) is 10.6. The zero-order valence-electron chi connectivity index (χ0n) is 19.8. The van der Waals surface area contributed by atoms with Gasteiger partial charge in [-0.3, -0.25) is 24.0 Å². The number of nitrogens with one attached hydrogen (secondary N) is 1. The van der Waals surface area contributed by atoms with Crippen LogP contribution in [-0.2, 0) is 47.7 Å². The molecule has 2 rings (SSSR count). The minimum Gasteiger partial charge on any atom is -0.463 e. The van der Waals surface area contributed by atoms with E-state index in [1.54, 1.807) is 12.1 Å². The van der Waals surface area contributed by atoms with Crippen LogP contribution in [0.3, 0.4) is 0 Å². The van der Waals surface area contributed by atoms with Crippen LogP contribution in [-0.4, -0.2) is 67.0 Å². The molecule has 1 aromatic carbocycles. The predicted molar refractivity (Wildman–Crippen MR) is 126 cm³/mol. The van der Waals surface area contributed by atoms with Gasteiger partial charge in [-0.15, -0.1) is 0 Å². The highest BCUT2D eigenvalue weighted by Crippen LogP contribution is 2.28. The molecule has 36 heavy (non-hydrogen) atoms. The molecule has 0 aliphatic carbocycles. The van der Waals surface area contributed by atoms with Gasteiger partial charge in [0.2, 0.25) is 5.91 Å². The Labute approximate surface area is 216 Å². The molecule has 1 saturated heterocycles. The minimum atomic E-state index is -1.42. The summed E-state index contributed by atoms with van der Waals surface area (Å²) < 4.78 is 26.7. The lowest BCUT2D eigenvalue weighted by atomic mass is 9.97. The molecule has 0 aromatic heterocycles. The van der Waals surface area contributed by atoms with Crippen molar-refractivity contribution in [3.8, 4) is 0 Å². The van der Waals surface area contributed by atoms with E-state index < -0.39 is 67.0 Å². The largest absolute Gasteiger partial charge is 0.463 e. The molecular weight excluding hydrogens is 521 g/mol. The summed E-state index contributed by atoms with van der Waals surface area (Å²) in [5.74, 6) is -3.69. The van der Waals surface area contributed by atoms with Crippen molar-refractivity contribution >= 4 is 59.1 Å². The van der Waals surface area contributed by atoms with Crippen molar-refractivity contribution in [1.82, 2.24) is 5.32 Å². The summed E-state index contributed by atoms with van der Waals surface area (Å²) in [6.07, 6.45) is -4.16. The van der Waals surface area contributed by atoms with Gasteiger partial charge in [-0.25, -0.2) is 0 Å². The van der Waals surface area contributed by atoms with E-state index in [9.17, 15) is 24.0 Å². The van der Waals surface area contributed by atoms with E-state index in [1.807, 2.05) is 0 Å². The van der Waals surface area contributed by atoms with Crippen LogP contribution in [0.15, 0.2) is 24.3 Å². The lowest BCUT2D eigenvalue weighted by Crippen LogP contribution is -2.66. The molecule has 1 aliphatic heterocycles. The van der Waals surface area contributed by atoms with Crippen molar-refractivity contribution in [3.63, 3.8) is 0 Å². The summed E-state index contributed by atoms with van der Waals surface area (Å²) >= 11 is 12.0. The van der Waals surface area contributed by atoms with Gasteiger partial charge < -0.3 is 29.0 Å². The number of amides is 1. The Morgan fingerprint density at radius 2 is 1.47 bits per heavy atom. The monoisotopic (exact) mass is 545 g/mol. The number of ether oxygens (including phenoxy) is 5. The van der Waals surface area contributed by atoms with Crippen molar-refractivity contribution in [2.24, 2.45) is 0 Å². The summed E-state index contributed by atoms with van der Waals surface area (Å²) in [6, 6.07) is 4.69. The van der Waals surface area contributed by atoms with E-state index in [0.717, 1.165) is 33.8 Å². The van der Waals surface area contributed by atoms with E-state index >= 15 is 0 Å². The van der Waals surface area contributed by atoms with Crippen LogP contribution >= 0.6 is 23.2 Å². The lowest BCUT2D eigenvalue weighted by molar-refractivity contribution is -0.256. The van der Waals surface area contributed by atoms with Gasteiger partial charge >= 0.3 is 23.9 Å². The highest BCUT2D eigenvalue weighted by molar-refractivity contribution is 6.35. The number of hydrogen-bond donors (Lipinski definition) is 1. The Bertz CT molecular complexity index is 1040. The van der Waals surface area contributed by atoms with E-state index in [2.05, 4.69) is 5.32 Å². The highest BCUT2D eigenvalue weighted by Gasteiger charge is 2.52. The van der Waals surface area contributed by atoms with Crippen LogP contribution in [0.25, 0.3) is 6.08 Å². The van der Waals surface area contributed by atoms with E-state index in [-0.39, 0.29) is 0 Å². The van der Waals surface area contributed by atoms with Gasteiger partial charge in [0.1, 0.15) is 12.7 Å². The van der Waals surface area contributed by atoms with Crippen LogP contribution in [0.2, 0.25) is 10.0 Å². The summed E-state index contributed by atoms with van der Waals surface area (Å²) in [7, 11) is 0. The van der Waals surface area contributed by atoms with E-state index in [4.69, 9.17) is 46.9 Å². The van der Waals surface area contributed by atoms with Crippen LogP contribution < -0.4 is 5.32 Å². The van der Waals surface area contributed by atoms with E-state index in [0.29, 0.717) is 15.6 Å². The normalized spacial score (nSPS) is 23.4. The molecule has 1 fully saturated rings. The third-order valence-corrected chi connectivity index (χ3v) is 5.21. The third-order valence-electron chi connectivity index (χ3n) is 4.65. The molecule has 1 N–H and O–H groups in total. The smallest absolute Gasteiger partial charge is 0.303 e. The Morgan fingerprint density at radius 1 is 0.889 bits per heavy atom. The van der Waals surface area contributed by atoms with Gasteiger partial charge in [0, 0.05) is 43.8 Å². The van der Waals surface area contributed by atoms with Crippen molar-refractivity contribution in [2.45, 2.75) is 58.3 Å². The molecule has 0 spiro atoms. The number of esters is 4. The quantitative estimate of drug-likeness (QED) is 0.293. The summed E-state index contributed by atoms with van der Waals surface area (Å²) in [5, 5.41) is 3.22. The van der Waals surface area contributed by atoms with Crippen molar-refractivity contribution in [3.05, 3.63) is 39.9 Å². The van der Waals surface area contributed by atoms with Gasteiger partial charge in [-0.1, -0.05) is 29.3 Å². The van der Waals surface area contributed by atoms with Crippen LogP contribution in [0.5, 0.6) is 0 Å². The molecule has 0 bridgehead atoms. The highest BCUT2D eigenvalue weighted by atomic mass is 35.5. The first kappa shape index (κ1) is 29.1. The van der Waals surface area contributed by atoms with Crippen molar-refractivity contribution in [1.29, 1.82) is 0 Å². The predicted octanol–water partition coefficient (Wildman–Crippen LogP) is 2.21. The van der Waals surface area contributed by atoms with Gasteiger partial charge in [0.05, 0.1) is 0 Å². The minimum absolute atomic E-state index is 0.304. The fourth-order valence-electron chi connectivity index (χ4n) is 3.34. The van der Waals surface area contributed by atoms with Gasteiger partial charge in [-0.05, 0) is 23.8 Å². The zero-order chi connectivity index (χ0) is 27.0. The molecule has 0 saturated carbocycles. The first-order chi connectivity index (χ1) is 16.9. The molecule has 1 heterocycles. The third kappa shape index (κ3) is 8.81. The topological polar surface area (TPSA) is 144 Å². The molecule has 1 amide bonds. The zero-order valence-corrected chi connectivity index (χ0v) is 21.3. The second-order valence-corrected chi connectivity index (χ2v) is 8.47. The van der Waals surface area contributed by atoms with Gasteiger partial charge in [0.15, 0.2) is 24.5 Å². The molecule has 1 aromatic rings. The number of carbonyl (C=O) groups excluding carboxylic acids is 5. The summed E-state index contributed by atoms with van der Waals surface area (Å²) in [6.45, 7) is 4.03. The number of rotatable bonds is 8. The van der Waals surface area contributed by atoms with E-state index in [1.165, 1.54) is 12.1 Å². The molecule has 5 atom stereocenters. The van der Waals surface area contributed by atoms with Crippen LogP contribution in [0, 0.1) is 0 Å². The van der Waals surface area contributed by atoms with Crippen molar-refractivity contribution < 1.29 is 47.7 Å². The molecule has 1 aliphatic rings. The Kier molecular flexibility index (Phi) is 10.7. The first-order valence-corrected chi connectivity index (χ1v) is 11.4. The Morgan fingerprint density at radius 3 is 2.03 bits per heavy atom. The van der Waals surface area contributed by atoms with Crippen LogP contribution in [0.1, 0.15) is 33.3 Å². The maximum absolute atomic E-state index is 12.7. The number of carbonyl (C=O) groups is 5. The molecule has 196 valence electrons. The Balaban J connectivity index is 2.37. The average Bonchev–Trinajstić information content (AvgIpc) is 2.75. The fourth-order valence-corrected chi connectivity index (χ4v) is 3.81. The SMILES string of the molecule is CC(=O)OC[C@H]1O[C@@H](NC(=O)/C=C/c2ccc(Cl)cc2Cl)[C@H](OC(C)=O)[C@@H](OC(C)=O)[C@H]1OC(C)=O. The number of hydrogen-bond acceptors (Lipinski definition) is 10. The van der Waals surface area contributed by atoms with Gasteiger partial charge in [0.25, 0.3) is 0 Å². The molecular formula is C23H25Cl2NO10. The maximum Gasteiger partial charge on any atom is 0.303 e. The number of benzene rings is 1. The molecule has 11 nitrogen and oxygen atoms in total. The lowest BCUT2D eigenvalue weighted by Gasteiger charge is -2.44. The summed E-state index contributed by atoms with van der Waals surface area (Å²) in [4.78, 5) is 59.5. The van der Waals surface area contributed by atoms with Crippen LogP contribution in [0.4, 0.5) is 0 Å². The average molecular weight is 546 g/mol. The standard InChI is InChI=1S/C23H25Cl2NO10/c1-11(27)32-10-18-20(33-12(2)28)21(34-13(3)29)22(35-14(4)30)23(36-18)26-19(31)8-6-15-5-7-16(24)9-17(15)25/h5-9,18,20-23H,10H2,1-4H3,(H,26,31)/b8-6+/t18-,20+,21+,22-,23-/m1/s1. The molecule has 13 heteroatoms. The fraction of sp³-hybridized carbons (Fsp3) is 0.435. The Hall–Kier alpha value is -3.15. The molecule has 0 radical (unpaired) electrons. The summed E-state index contributed by atoms with van der Waals surface area (Å²) in [5.41, 5.74) is 0.498. The second kappa shape index (κ2) is 13.2. The molecule has 0 unspecified atom stereocenters.